The van der Waals surface area contributed by atoms with Gasteiger partial charge in [0.25, 0.3) is 0 Å². The molecule has 0 amide bonds. The standard InChI is InChI=1S/C14H19ClN4O/c1-19(2)9-5-8-16-10-13-17-18-14(20-13)11-6-3-4-7-12(11)15/h3-4,6-7,16H,5,8-10H2,1-2H3. The fourth-order valence-electron chi connectivity index (χ4n) is 1.78. The van der Waals surface area contributed by atoms with Crippen LogP contribution in [0.25, 0.3) is 11.5 Å². The van der Waals surface area contributed by atoms with Crippen molar-refractivity contribution in [3.63, 3.8) is 0 Å². The van der Waals surface area contributed by atoms with Crippen LogP contribution in [0, 0.1) is 0 Å². The van der Waals surface area contributed by atoms with Crippen LogP contribution in [-0.2, 0) is 6.54 Å². The zero-order valence-electron chi connectivity index (χ0n) is 11.8. The lowest BCUT2D eigenvalue weighted by molar-refractivity contribution is 0.390. The Morgan fingerprint density at radius 2 is 2.05 bits per heavy atom. The highest BCUT2D eigenvalue weighted by molar-refractivity contribution is 6.33. The third-order valence-electron chi connectivity index (χ3n) is 2.81. The average molecular weight is 295 g/mol. The Morgan fingerprint density at radius 3 is 2.80 bits per heavy atom. The fourth-order valence-corrected chi connectivity index (χ4v) is 2.00. The molecule has 0 saturated carbocycles. The van der Waals surface area contributed by atoms with Crippen molar-refractivity contribution in [2.75, 3.05) is 27.2 Å². The molecule has 0 saturated heterocycles. The molecule has 1 aromatic heterocycles. The normalized spacial score (nSPS) is 11.2. The fraction of sp³-hybridized carbons (Fsp3) is 0.429. The summed E-state index contributed by atoms with van der Waals surface area (Å²) in [7, 11) is 4.13. The van der Waals surface area contributed by atoms with Crippen molar-refractivity contribution in [3.05, 3.63) is 35.2 Å². The van der Waals surface area contributed by atoms with Gasteiger partial charge in [-0.1, -0.05) is 23.7 Å². The maximum Gasteiger partial charge on any atom is 0.249 e. The summed E-state index contributed by atoms with van der Waals surface area (Å²) >= 11 is 6.10. The predicted octanol–water partition coefficient (Wildman–Crippen LogP) is 2.43. The van der Waals surface area contributed by atoms with E-state index >= 15 is 0 Å². The Balaban J connectivity index is 1.85. The van der Waals surface area contributed by atoms with Crippen LogP contribution in [0.15, 0.2) is 28.7 Å². The topological polar surface area (TPSA) is 54.2 Å². The molecule has 1 heterocycles. The van der Waals surface area contributed by atoms with Crippen LogP contribution in [0.1, 0.15) is 12.3 Å². The van der Waals surface area contributed by atoms with E-state index in [1.165, 1.54) is 0 Å². The van der Waals surface area contributed by atoms with E-state index < -0.39 is 0 Å². The number of halogens is 1. The number of nitrogens with one attached hydrogen (secondary N) is 1. The Labute approximate surface area is 123 Å². The van der Waals surface area contributed by atoms with Crippen molar-refractivity contribution in [1.29, 1.82) is 0 Å². The molecule has 0 bridgehead atoms. The molecule has 0 spiro atoms. The molecule has 0 aliphatic rings. The van der Waals surface area contributed by atoms with Crippen LogP contribution in [0.3, 0.4) is 0 Å². The minimum Gasteiger partial charge on any atom is -0.419 e. The number of hydrogen-bond donors (Lipinski definition) is 1. The van der Waals surface area contributed by atoms with E-state index in [-0.39, 0.29) is 0 Å². The third kappa shape index (κ3) is 4.30. The van der Waals surface area contributed by atoms with Gasteiger partial charge in [-0.05, 0) is 45.7 Å². The van der Waals surface area contributed by atoms with Gasteiger partial charge < -0.3 is 14.6 Å². The van der Waals surface area contributed by atoms with Gasteiger partial charge >= 0.3 is 0 Å². The van der Waals surface area contributed by atoms with E-state index in [0.717, 1.165) is 25.1 Å². The first-order valence-electron chi connectivity index (χ1n) is 6.59. The molecule has 0 aliphatic carbocycles. The second-order valence-corrected chi connectivity index (χ2v) is 5.22. The first kappa shape index (κ1) is 15.0. The molecule has 1 aromatic carbocycles. The van der Waals surface area contributed by atoms with Crippen molar-refractivity contribution in [1.82, 2.24) is 20.4 Å². The van der Waals surface area contributed by atoms with Gasteiger partial charge in [0.05, 0.1) is 17.1 Å². The largest absolute Gasteiger partial charge is 0.419 e. The van der Waals surface area contributed by atoms with Gasteiger partial charge in [-0.3, -0.25) is 0 Å². The Morgan fingerprint density at radius 1 is 1.25 bits per heavy atom. The van der Waals surface area contributed by atoms with Crippen LogP contribution >= 0.6 is 11.6 Å². The maximum absolute atomic E-state index is 6.10. The van der Waals surface area contributed by atoms with E-state index in [9.17, 15) is 0 Å². The molecule has 6 heteroatoms. The van der Waals surface area contributed by atoms with E-state index in [0.29, 0.717) is 23.3 Å². The number of nitrogens with zero attached hydrogens (tertiary/aromatic N) is 3. The molecule has 108 valence electrons. The zero-order valence-corrected chi connectivity index (χ0v) is 12.5. The van der Waals surface area contributed by atoms with Crippen LogP contribution < -0.4 is 5.32 Å². The molecule has 2 aromatic rings. The van der Waals surface area contributed by atoms with Crippen molar-refractivity contribution in [3.8, 4) is 11.5 Å². The molecule has 2 rings (SSSR count). The van der Waals surface area contributed by atoms with Gasteiger partial charge in [-0.2, -0.15) is 0 Å². The molecule has 0 radical (unpaired) electrons. The Bertz CT molecular complexity index is 541. The van der Waals surface area contributed by atoms with Crippen LogP contribution in [-0.4, -0.2) is 42.3 Å². The monoisotopic (exact) mass is 294 g/mol. The van der Waals surface area contributed by atoms with Crippen LogP contribution in [0.4, 0.5) is 0 Å². The highest BCUT2D eigenvalue weighted by Gasteiger charge is 2.10. The lowest BCUT2D eigenvalue weighted by atomic mass is 10.2. The number of rotatable bonds is 7. The van der Waals surface area contributed by atoms with Gasteiger partial charge in [0, 0.05) is 0 Å². The van der Waals surface area contributed by atoms with E-state index in [1.807, 2.05) is 18.2 Å². The van der Waals surface area contributed by atoms with Crippen LogP contribution in [0.5, 0.6) is 0 Å². The quantitative estimate of drug-likeness (QED) is 0.795. The average Bonchev–Trinajstić information content (AvgIpc) is 2.87. The van der Waals surface area contributed by atoms with Crippen LogP contribution in [0.2, 0.25) is 5.02 Å². The minimum absolute atomic E-state index is 0.459. The smallest absolute Gasteiger partial charge is 0.249 e. The summed E-state index contributed by atoms with van der Waals surface area (Å²) in [5.74, 6) is 1.03. The van der Waals surface area contributed by atoms with E-state index in [2.05, 4.69) is 34.5 Å². The van der Waals surface area contributed by atoms with E-state index in [1.54, 1.807) is 6.07 Å². The molecule has 5 nitrogen and oxygen atoms in total. The van der Waals surface area contributed by atoms with Gasteiger partial charge in [-0.15, -0.1) is 10.2 Å². The summed E-state index contributed by atoms with van der Waals surface area (Å²) in [5.41, 5.74) is 0.764. The number of hydrogen-bond acceptors (Lipinski definition) is 5. The summed E-state index contributed by atoms with van der Waals surface area (Å²) in [5, 5.41) is 11.9. The Hall–Kier alpha value is -1.43. The predicted molar refractivity (Wildman–Crippen MR) is 79.6 cm³/mol. The molecule has 20 heavy (non-hydrogen) atoms. The lowest BCUT2D eigenvalue weighted by Crippen LogP contribution is -2.21. The minimum atomic E-state index is 0.459. The number of aromatic nitrogens is 2. The molecular weight excluding hydrogens is 276 g/mol. The van der Waals surface area contributed by atoms with Crippen molar-refractivity contribution in [2.45, 2.75) is 13.0 Å². The van der Waals surface area contributed by atoms with E-state index in [4.69, 9.17) is 16.0 Å². The molecule has 0 unspecified atom stereocenters. The molecule has 0 atom stereocenters. The first-order valence-corrected chi connectivity index (χ1v) is 6.97. The van der Waals surface area contributed by atoms with Crippen molar-refractivity contribution in [2.24, 2.45) is 0 Å². The molecular formula is C14H19ClN4O. The summed E-state index contributed by atoms with van der Waals surface area (Å²) in [6.07, 6.45) is 1.08. The molecule has 0 fully saturated rings. The SMILES string of the molecule is CN(C)CCCNCc1nnc(-c2ccccc2Cl)o1. The second-order valence-electron chi connectivity index (χ2n) is 4.81. The molecule has 1 N–H and O–H groups in total. The van der Waals surface area contributed by atoms with Gasteiger partial charge in [-0.25, -0.2) is 0 Å². The summed E-state index contributed by atoms with van der Waals surface area (Å²) in [4.78, 5) is 2.16. The summed E-state index contributed by atoms with van der Waals surface area (Å²) in [6, 6.07) is 7.43. The summed E-state index contributed by atoms with van der Waals surface area (Å²) in [6.45, 7) is 2.55. The highest BCUT2D eigenvalue weighted by Crippen LogP contribution is 2.25. The Kier molecular flexibility index (Phi) is 5.52. The van der Waals surface area contributed by atoms with Gasteiger partial charge in [0.1, 0.15) is 0 Å². The first-order chi connectivity index (χ1) is 9.66. The van der Waals surface area contributed by atoms with Crippen molar-refractivity contribution < 1.29 is 4.42 Å². The zero-order chi connectivity index (χ0) is 14.4. The van der Waals surface area contributed by atoms with Crippen molar-refractivity contribution >= 4 is 11.6 Å². The van der Waals surface area contributed by atoms with Gasteiger partial charge in [0.15, 0.2) is 0 Å². The highest BCUT2D eigenvalue weighted by atomic mass is 35.5. The third-order valence-corrected chi connectivity index (χ3v) is 3.14. The maximum atomic E-state index is 6.10. The molecule has 0 aliphatic heterocycles. The number of benzene rings is 1. The van der Waals surface area contributed by atoms with Gasteiger partial charge in [0.2, 0.25) is 11.8 Å². The lowest BCUT2D eigenvalue weighted by Gasteiger charge is -2.08. The second kappa shape index (κ2) is 7.38. The summed E-state index contributed by atoms with van der Waals surface area (Å²) < 4.78 is 5.60.